The van der Waals surface area contributed by atoms with Gasteiger partial charge in [-0.1, -0.05) is 0 Å². The molecule has 2 amide bonds. The van der Waals surface area contributed by atoms with E-state index in [1.54, 1.807) is 12.5 Å². The van der Waals surface area contributed by atoms with Gasteiger partial charge in [-0.05, 0) is 45.1 Å². The summed E-state index contributed by atoms with van der Waals surface area (Å²) in [5.74, 6) is 1.28. The minimum Gasteiger partial charge on any atom is -0.483 e. The van der Waals surface area contributed by atoms with Crippen LogP contribution in [-0.2, 0) is 14.4 Å². The fourth-order valence-electron chi connectivity index (χ4n) is 4.33. The van der Waals surface area contributed by atoms with Gasteiger partial charge in [-0.2, -0.15) is 11.8 Å². The topological polar surface area (TPSA) is 116 Å². The van der Waals surface area contributed by atoms with E-state index < -0.39 is 0 Å². The average Bonchev–Trinajstić information content (AvgIpc) is 2.95. The summed E-state index contributed by atoms with van der Waals surface area (Å²) < 4.78 is 0. The lowest BCUT2D eigenvalue weighted by molar-refractivity contribution is -0.137. The van der Waals surface area contributed by atoms with Gasteiger partial charge in [0, 0.05) is 50.0 Å². The second-order valence-electron chi connectivity index (χ2n) is 8.03. The van der Waals surface area contributed by atoms with Gasteiger partial charge in [0.2, 0.25) is 11.8 Å². The van der Waals surface area contributed by atoms with Crippen molar-refractivity contribution in [1.29, 1.82) is 0 Å². The highest BCUT2D eigenvalue weighted by atomic mass is 32.2. The van der Waals surface area contributed by atoms with E-state index in [1.165, 1.54) is 11.8 Å². The summed E-state index contributed by atoms with van der Waals surface area (Å²) in [5, 5.41) is 10.0. The highest BCUT2D eigenvalue weighted by molar-refractivity contribution is 7.99. The molecule has 172 valence electrons. The van der Waals surface area contributed by atoms with E-state index in [2.05, 4.69) is 20.2 Å². The molecule has 0 unspecified atom stereocenters. The maximum atomic E-state index is 13.1. The normalized spacial score (nSPS) is 22.6. The lowest BCUT2D eigenvalue weighted by Gasteiger charge is -2.34. The van der Waals surface area contributed by atoms with Crippen LogP contribution in [0.3, 0.4) is 0 Å². The van der Waals surface area contributed by atoms with E-state index in [-0.39, 0.29) is 30.2 Å². The summed E-state index contributed by atoms with van der Waals surface area (Å²) >= 11 is 1.53. The van der Waals surface area contributed by atoms with E-state index in [4.69, 9.17) is 9.90 Å². The molecule has 2 atom stereocenters. The van der Waals surface area contributed by atoms with Gasteiger partial charge in [-0.25, -0.2) is 9.97 Å². The van der Waals surface area contributed by atoms with Crippen molar-refractivity contribution in [2.24, 2.45) is 5.92 Å². The number of rotatable bonds is 5. The van der Waals surface area contributed by atoms with Gasteiger partial charge in [0.15, 0.2) is 0 Å². The molecular formula is C21H33N5O4S. The van der Waals surface area contributed by atoms with E-state index in [9.17, 15) is 9.59 Å². The standard InChI is InChI=1S/C20H31N5O2S.CH2O2/c1-24-11-16(3-4-17(12-24)23-19(26)13-28-2)20(27)25-9-6-15(7-10-25)18-5-8-21-14-22-18;2-1-3/h5,8,14-17H,3-4,6-7,9-13H2,1-2H3,(H,23,26);1H,(H,2,3)/t16-,17+;/m1./s1. The molecule has 3 rings (SSSR count). The third-order valence-electron chi connectivity index (χ3n) is 5.75. The Morgan fingerprint density at radius 2 is 1.97 bits per heavy atom. The first kappa shape index (κ1) is 25.1. The smallest absolute Gasteiger partial charge is 0.290 e. The molecule has 0 aromatic carbocycles. The fourth-order valence-corrected chi connectivity index (χ4v) is 4.67. The molecule has 2 N–H and O–H groups in total. The van der Waals surface area contributed by atoms with Crippen LogP contribution in [0.1, 0.15) is 37.3 Å². The van der Waals surface area contributed by atoms with Crippen molar-refractivity contribution in [1.82, 2.24) is 25.1 Å². The van der Waals surface area contributed by atoms with Crippen molar-refractivity contribution in [3.8, 4) is 0 Å². The molecule has 0 aliphatic carbocycles. The van der Waals surface area contributed by atoms with E-state index in [0.717, 1.165) is 57.6 Å². The van der Waals surface area contributed by atoms with Crippen LogP contribution in [0.25, 0.3) is 0 Å². The first-order chi connectivity index (χ1) is 15.0. The van der Waals surface area contributed by atoms with Gasteiger partial charge in [0.25, 0.3) is 6.47 Å². The van der Waals surface area contributed by atoms with Gasteiger partial charge in [0.1, 0.15) is 6.33 Å². The molecule has 2 fully saturated rings. The van der Waals surface area contributed by atoms with Crippen molar-refractivity contribution in [3.63, 3.8) is 0 Å². The maximum absolute atomic E-state index is 13.1. The molecule has 1 aromatic rings. The number of carboxylic acid groups (broad SMARTS) is 1. The molecule has 1 aromatic heterocycles. The number of thioether (sulfide) groups is 1. The highest BCUT2D eigenvalue weighted by Crippen LogP contribution is 2.28. The number of amides is 2. The minimum absolute atomic E-state index is 0.0167. The van der Waals surface area contributed by atoms with Crippen LogP contribution in [0.5, 0.6) is 0 Å². The molecule has 0 spiro atoms. The molecule has 0 saturated carbocycles. The zero-order valence-corrected chi connectivity index (χ0v) is 19.1. The molecule has 2 saturated heterocycles. The number of hydrogen-bond donors (Lipinski definition) is 2. The van der Waals surface area contributed by atoms with Crippen LogP contribution in [0.15, 0.2) is 18.6 Å². The summed E-state index contributed by atoms with van der Waals surface area (Å²) in [6.45, 7) is 2.91. The molecule has 3 heterocycles. The maximum Gasteiger partial charge on any atom is 0.290 e. The molecule has 2 aliphatic heterocycles. The summed E-state index contributed by atoms with van der Waals surface area (Å²) in [6.07, 6.45) is 8.93. The Kier molecular flexibility index (Phi) is 10.7. The zero-order chi connectivity index (χ0) is 22.6. The van der Waals surface area contributed by atoms with Crippen molar-refractivity contribution >= 4 is 30.0 Å². The Balaban J connectivity index is 0.00000107. The summed E-state index contributed by atoms with van der Waals surface area (Å²) in [5.41, 5.74) is 1.08. The van der Waals surface area contributed by atoms with Gasteiger partial charge in [-0.3, -0.25) is 14.4 Å². The molecule has 10 heteroatoms. The molecule has 0 bridgehead atoms. The number of nitrogens with zero attached hydrogens (tertiary/aromatic N) is 4. The van der Waals surface area contributed by atoms with Crippen molar-refractivity contribution in [2.45, 2.75) is 37.6 Å². The number of aromatic nitrogens is 2. The summed E-state index contributed by atoms with van der Waals surface area (Å²) in [4.78, 5) is 46.0. The van der Waals surface area contributed by atoms with Gasteiger partial charge in [0.05, 0.1) is 11.7 Å². The molecule has 31 heavy (non-hydrogen) atoms. The molecule has 0 radical (unpaired) electrons. The monoisotopic (exact) mass is 451 g/mol. The second-order valence-corrected chi connectivity index (χ2v) is 8.90. The van der Waals surface area contributed by atoms with Crippen LogP contribution >= 0.6 is 11.8 Å². The van der Waals surface area contributed by atoms with Crippen LogP contribution < -0.4 is 5.32 Å². The van der Waals surface area contributed by atoms with Crippen LogP contribution in [0.2, 0.25) is 0 Å². The Hall–Kier alpha value is -2.20. The van der Waals surface area contributed by atoms with E-state index in [1.807, 2.05) is 24.3 Å². The second kappa shape index (κ2) is 13.3. The van der Waals surface area contributed by atoms with Gasteiger partial charge >= 0.3 is 0 Å². The lowest BCUT2D eigenvalue weighted by atomic mass is 9.92. The largest absolute Gasteiger partial charge is 0.483 e. The lowest BCUT2D eigenvalue weighted by Crippen LogP contribution is -2.44. The van der Waals surface area contributed by atoms with Gasteiger partial charge in [-0.15, -0.1) is 0 Å². The highest BCUT2D eigenvalue weighted by Gasteiger charge is 2.32. The number of hydrogen-bond acceptors (Lipinski definition) is 7. The SMILES string of the molecule is CSCC(=O)N[C@H]1CC[C@@H](C(=O)N2CCC(c3ccncn3)CC2)CN(C)C1.O=CO. The van der Waals surface area contributed by atoms with Gasteiger partial charge < -0.3 is 20.2 Å². The van der Waals surface area contributed by atoms with Crippen molar-refractivity contribution < 1.29 is 19.5 Å². The average molecular weight is 452 g/mol. The van der Waals surface area contributed by atoms with Crippen LogP contribution in [0, 0.1) is 5.92 Å². The van der Waals surface area contributed by atoms with Crippen molar-refractivity contribution in [3.05, 3.63) is 24.3 Å². The Labute approximate surface area is 188 Å². The first-order valence-electron chi connectivity index (χ1n) is 10.6. The Morgan fingerprint density at radius 1 is 1.26 bits per heavy atom. The molecular weight excluding hydrogens is 418 g/mol. The Bertz CT molecular complexity index is 700. The number of carbonyl (C=O) groups excluding carboxylic acids is 2. The van der Waals surface area contributed by atoms with Crippen molar-refractivity contribution in [2.75, 3.05) is 45.2 Å². The number of carbonyl (C=O) groups is 3. The van der Waals surface area contributed by atoms with E-state index >= 15 is 0 Å². The minimum atomic E-state index is -0.250. The number of nitrogens with one attached hydrogen (secondary N) is 1. The van der Waals surface area contributed by atoms with E-state index in [0.29, 0.717) is 11.7 Å². The third kappa shape index (κ3) is 8.10. The first-order valence-corrected chi connectivity index (χ1v) is 12.0. The predicted octanol–water partition coefficient (Wildman–Crippen LogP) is 1.07. The summed E-state index contributed by atoms with van der Waals surface area (Å²) in [7, 11) is 2.04. The van der Waals surface area contributed by atoms with Crippen LogP contribution in [0.4, 0.5) is 0 Å². The number of likely N-dealkylation sites (tertiary alicyclic amines) is 2. The number of piperidine rings is 1. The summed E-state index contributed by atoms with van der Waals surface area (Å²) in [6, 6.07) is 2.11. The zero-order valence-electron chi connectivity index (χ0n) is 18.3. The predicted molar refractivity (Wildman–Crippen MR) is 120 cm³/mol. The molecule has 2 aliphatic rings. The third-order valence-corrected chi connectivity index (χ3v) is 6.30. The quantitative estimate of drug-likeness (QED) is 0.639. The van der Waals surface area contributed by atoms with Crippen LogP contribution in [-0.4, -0.2) is 94.4 Å². The number of likely N-dealkylation sites (N-methyl/N-ethyl adjacent to an activating group) is 1. The fraction of sp³-hybridized carbons (Fsp3) is 0.667. The Morgan fingerprint density at radius 3 is 2.58 bits per heavy atom. The molecule has 9 nitrogen and oxygen atoms in total.